The van der Waals surface area contributed by atoms with Gasteiger partial charge in [0.15, 0.2) is 0 Å². The molecular formula is C24H27F3O2. The van der Waals surface area contributed by atoms with Crippen LogP contribution in [0.2, 0.25) is 0 Å². The maximum atomic E-state index is 13.8. The summed E-state index contributed by atoms with van der Waals surface area (Å²) < 4.78 is 41.5. The van der Waals surface area contributed by atoms with Gasteiger partial charge in [-0.15, -0.1) is 0 Å². The van der Waals surface area contributed by atoms with Crippen molar-refractivity contribution in [3.05, 3.63) is 70.3 Å². The minimum absolute atomic E-state index is 0.0184. The van der Waals surface area contributed by atoms with E-state index in [1.165, 1.54) is 35.9 Å². The van der Waals surface area contributed by atoms with E-state index in [-0.39, 0.29) is 23.0 Å². The predicted molar refractivity (Wildman–Crippen MR) is 110 cm³/mol. The van der Waals surface area contributed by atoms with Gasteiger partial charge in [-0.25, -0.2) is 4.89 Å². The van der Waals surface area contributed by atoms with E-state index in [1.54, 1.807) is 6.07 Å². The maximum absolute atomic E-state index is 13.8. The van der Waals surface area contributed by atoms with Crippen LogP contribution in [0.3, 0.4) is 0 Å². The molecule has 0 heterocycles. The highest BCUT2D eigenvalue weighted by molar-refractivity contribution is 5.84. The van der Waals surface area contributed by atoms with Crippen LogP contribution in [0.15, 0.2) is 42.5 Å². The number of hydrogen-bond donors (Lipinski definition) is 1. The largest absolute Gasteiger partial charge is 0.417 e. The molecule has 3 rings (SSSR count). The van der Waals surface area contributed by atoms with E-state index in [9.17, 15) is 13.2 Å². The van der Waals surface area contributed by atoms with Gasteiger partial charge in [0.05, 0.1) is 5.57 Å². The highest BCUT2D eigenvalue weighted by Gasteiger charge is 2.38. The van der Waals surface area contributed by atoms with Crippen molar-refractivity contribution in [3.63, 3.8) is 0 Å². The molecule has 0 aliphatic heterocycles. The molecule has 2 aromatic carbocycles. The van der Waals surface area contributed by atoms with Crippen molar-refractivity contribution in [2.75, 3.05) is 0 Å². The summed E-state index contributed by atoms with van der Waals surface area (Å²) in [6, 6.07) is 11.5. The molecule has 0 aromatic heterocycles. The smallest absolute Gasteiger partial charge is 0.251 e. The zero-order valence-corrected chi connectivity index (χ0v) is 17.2. The van der Waals surface area contributed by atoms with Crippen LogP contribution in [-0.2, 0) is 22.3 Å². The second kappa shape index (κ2) is 7.62. The molecule has 0 amide bonds. The van der Waals surface area contributed by atoms with Crippen LogP contribution in [0.1, 0.15) is 68.4 Å². The van der Waals surface area contributed by atoms with Gasteiger partial charge in [0.1, 0.15) is 6.61 Å². The first kappa shape index (κ1) is 21.6. The van der Waals surface area contributed by atoms with E-state index in [1.807, 2.05) is 12.1 Å². The molecule has 5 heteroatoms. The van der Waals surface area contributed by atoms with Gasteiger partial charge in [0.25, 0.3) is 0 Å². The van der Waals surface area contributed by atoms with E-state index in [0.29, 0.717) is 11.1 Å². The van der Waals surface area contributed by atoms with E-state index in [2.05, 4.69) is 32.6 Å². The van der Waals surface area contributed by atoms with Crippen molar-refractivity contribution in [1.29, 1.82) is 0 Å². The van der Waals surface area contributed by atoms with Crippen LogP contribution in [0.4, 0.5) is 13.2 Å². The van der Waals surface area contributed by atoms with E-state index < -0.39 is 11.7 Å². The van der Waals surface area contributed by atoms with Crippen LogP contribution < -0.4 is 0 Å². The van der Waals surface area contributed by atoms with E-state index in [4.69, 9.17) is 5.26 Å². The average molecular weight is 404 g/mol. The number of hydrogen-bond acceptors (Lipinski definition) is 2. The molecule has 0 fully saturated rings. The molecule has 29 heavy (non-hydrogen) atoms. The predicted octanol–water partition coefficient (Wildman–Crippen LogP) is 7.13. The third kappa shape index (κ3) is 4.57. The minimum atomic E-state index is -4.49. The minimum Gasteiger partial charge on any atom is -0.251 e. The van der Waals surface area contributed by atoms with Gasteiger partial charge < -0.3 is 0 Å². The van der Waals surface area contributed by atoms with Crippen molar-refractivity contribution in [2.45, 2.75) is 64.1 Å². The monoisotopic (exact) mass is 404 g/mol. The second-order valence-corrected chi connectivity index (χ2v) is 9.10. The molecule has 2 nitrogen and oxygen atoms in total. The molecule has 0 saturated heterocycles. The van der Waals surface area contributed by atoms with Gasteiger partial charge in [-0.05, 0) is 57.6 Å². The Labute approximate surface area is 170 Å². The fourth-order valence-corrected chi connectivity index (χ4v) is 4.05. The Balaban J connectivity index is 2.07. The highest BCUT2D eigenvalue weighted by atomic mass is 19.4. The first-order chi connectivity index (χ1) is 13.4. The van der Waals surface area contributed by atoms with Crippen molar-refractivity contribution < 1.29 is 23.3 Å². The van der Waals surface area contributed by atoms with E-state index >= 15 is 0 Å². The molecule has 0 spiro atoms. The van der Waals surface area contributed by atoms with Crippen LogP contribution in [0.25, 0.3) is 11.6 Å². The zero-order valence-electron chi connectivity index (χ0n) is 17.2. The third-order valence-corrected chi connectivity index (χ3v) is 5.99. The Morgan fingerprint density at radius 3 is 2.10 bits per heavy atom. The Morgan fingerprint density at radius 1 is 0.966 bits per heavy atom. The highest BCUT2D eigenvalue weighted by Crippen LogP contribution is 2.46. The lowest BCUT2D eigenvalue weighted by Crippen LogP contribution is -2.33. The van der Waals surface area contributed by atoms with Gasteiger partial charge in [0, 0.05) is 0 Å². The lowest BCUT2D eigenvalue weighted by molar-refractivity contribution is -0.253. The van der Waals surface area contributed by atoms with Gasteiger partial charge in [-0.3, -0.25) is 5.26 Å². The summed E-state index contributed by atoms with van der Waals surface area (Å²) in [7, 11) is 0. The standard InChI is InChI=1S/C24H27F3O2/c1-22(2)11-12-23(3,4)21-14-17(7-10-19(21)22)13-20(24(25,26)27)18-8-5-16(6-9-18)15-29-28/h5-10,13-14,28H,11-12,15H2,1-4H3. The normalized spacial score (nSPS) is 18.4. The van der Waals surface area contributed by atoms with Crippen LogP contribution in [-0.4, -0.2) is 11.4 Å². The summed E-state index contributed by atoms with van der Waals surface area (Å²) in [5.41, 5.74) is 2.81. The Kier molecular flexibility index (Phi) is 5.67. The molecule has 0 saturated carbocycles. The lowest BCUT2D eigenvalue weighted by Gasteiger charge is -2.42. The first-order valence-electron chi connectivity index (χ1n) is 9.74. The first-order valence-corrected chi connectivity index (χ1v) is 9.74. The summed E-state index contributed by atoms with van der Waals surface area (Å²) in [4.78, 5) is 4.04. The molecule has 0 atom stereocenters. The molecule has 0 radical (unpaired) electrons. The molecule has 156 valence electrons. The number of benzene rings is 2. The average Bonchev–Trinajstić information content (AvgIpc) is 2.64. The van der Waals surface area contributed by atoms with Gasteiger partial charge in [-0.1, -0.05) is 70.2 Å². The molecule has 1 aliphatic rings. The SMILES string of the molecule is CC1(C)CCC(C)(C)c2cc(C=C(c3ccc(COO)cc3)C(F)(F)F)ccc21. The van der Waals surface area contributed by atoms with Gasteiger partial charge in [-0.2, -0.15) is 13.2 Å². The lowest BCUT2D eigenvalue weighted by atomic mass is 9.63. The van der Waals surface area contributed by atoms with Crippen molar-refractivity contribution >= 4 is 11.6 Å². The van der Waals surface area contributed by atoms with Crippen LogP contribution in [0.5, 0.6) is 0 Å². The maximum Gasteiger partial charge on any atom is 0.417 e. The van der Waals surface area contributed by atoms with Crippen molar-refractivity contribution in [3.8, 4) is 0 Å². The third-order valence-electron chi connectivity index (χ3n) is 5.99. The van der Waals surface area contributed by atoms with Crippen LogP contribution in [0, 0.1) is 0 Å². The van der Waals surface area contributed by atoms with E-state index in [0.717, 1.165) is 18.4 Å². The zero-order chi connectivity index (χ0) is 21.4. The molecule has 0 bridgehead atoms. The molecule has 2 aromatic rings. The number of allylic oxidation sites excluding steroid dienone is 1. The molecule has 1 N–H and O–H groups in total. The summed E-state index contributed by atoms with van der Waals surface area (Å²) in [5, 5.41) is 8.51. The summed E-state index contributed by atoms with van der Waals surface area (Å²) in [6.07, 6.45) is -1.21. The number of alkyl halides is 3. The fourth-order valence-electron chi connectivity index (χ4n) is 4.05. The van der Waals surface area contributed by atoms with Gasteiger partial charge >= 0.3 is 6.18 Å². The Bertz CT molecular complexity index is 907. The fraction of sp³-hybridized carbons (Fsp3) is 0.417. The second-order valence-electron chi connectivity index (χ2n) is 9.10. The number of halogens is 3. The van der Waals surface area contributed by atoms with Crippen molar-refractivity contribution in [2.24, 2.45) is 0 Å². The number of rotatable bonds is 4. The summed E-state index contributed by atoms with van der Waals surface area (Å²) >= 11 is 0. The number of fused-ring (bicyclic) bond motifs is 1. The molecular weight excluding hydrogens is 377 g/mol. The quantitative estimate of drug-likeness (QED) is 0.334. The Morgan fingerprint density at radius 2 is 1.55 bits per heavy atom. The summed E-state index contributed by atoms with van der Waals surface area (Å²) in [6.45, 7) is 8.62. The molecule has 0 unspecified atom stereocenters. The van der Waals surface area contributed by atoms with Gasteiger partial charge in [0.2, 0.25) is 0 Å². The van der Waals surface area contributed by atoms with Crippen LogP contribution >= 0.6 is 0 Å². The van der Waals surface area contributed by atoms with Crippen molar-refractivity contribution in [1.82, 2.24) is 0 Å². The molecule has 1 aliphatic carbocycles. The topological polar surface area (TPSA) is 29.5 Å². The summed E-state index contributed by atoms with van der Waals surface area (Å²) in [5.74, 6) is 0. The Hall–Kier alpha value is -2.11.